The molecule has 2 saturated carbocycles. The average Bonchev–Trinajstić information content (AvgIpc) is 2.71. The third-order valence-electron chi connectivity index (χ3n) is 9.09. The zero-order valence-electron chi connectivity index (χ0n) is 19.2. The van der Waals surface area contributed by atoms with E-state index in [1.54, 1.807) is 20.8 Å². The van der Waals surface area contributed by atoms with Gasteiger partial charge in [0.2, 0.25) is 0 Å². The fourth-order valence-electron chi connectivity index (χ4n) is 6.79. The summed E-state index contributed by atoms with van der Waals surface area (Å²) in [6.07, 6.45) is -2.76. The second kappa shape index (κ2) is 6.82. The van der Waals surface area contributed by atoms with Crippen LogP contribution in [0.2, 0.25) is 0 Å². The van der Waals surface area contributed by atoms with E-state index in [1.165, 1.54) is 6.92 Å². The Morgan fingerprint density at radius 2 is 1.88 bits per heavy atom. The summed E-state index contributed by atoms with van der Waals surface area (Å²) in [5.41, 5.74) is -5.89. The van der Waals surface area contributed by atoms with Crippen molar-refractivity contribution in [2.45, 2.75) is 77.0 Å². The third-order valence-corrected chi connectivity index (χ3v) is 9.09. The van der Waals surface area contributed by atoms with Gasteiger partial charge < -0.3 is 24.8 Å². The molecule has 0 amide bonds. The van der Waals surface area contributed by atoms with Crippen LogP contribution in [0.25, 0.3) is 0 Å². The highest BCUT2D eigenvalue weighted by molar-refractivity contribution is 6.02. The molecule has 4 aliphatic rings. The Labute approximate surface area is 187 Å². The van der Waals surface area contributed by atoms with E-state index in [1.807, 2.05) is 6.92 Å². The predicted octanol–water partition coefficient (Wildman–Crippen LogP) is 0.867. The highest BCUT2D eigenvalue weighted by atomic mass is 16.6. The second-order valence-corrected chi connectivity index (χ2v) is 10.7. The number of esters is 1. The van der Waals surface area contributed by atoms with Crippen molar-refractivity contribution in [1.82, 2.24) is 0 Å². The van der Waals surface area contributed by atoms with Gasteiger partial charge in [0.15, 0.2) is 11.6 Å². The van der Waals surface area contributed by atoms with E-state index < -0.39 is 63.8 Å². The van der Waals surface area contributed by atoms with E-state index in [0.29, 0.717) is 6.42 Å². The predicted molar refractivity (Wildman–Crippen MR) is 112 cm³/mol. The molecule has 0 unspecified atom stereocenters. The van der Waals surface area contributed by atoms with Gasteiger partial charge in [-0.3, -0.25) is 9.59 Å². The first-order valence-corrected chi connectivity index (χ1v) is 11.0. The molecule has 1 aliphatic heterocycles. The number of rotatable bonds is 2. The number of carbonyl (C=O) groups excluding carboxylic acids is 3. The summed E-state index contributed by atoms with van der Waals surface area (Å²) >= 11 is 0. The normalized spacial score (nSPS) is 47.4. The lowest BCUT2D eigenvalue weighted by molar-refractivity contribution is -0.337. The van der Waals surface area contributed by atoms with E-state index in [9.17, 15) is 29.7 Å². The summed E-state index contributed by atoms with van der Waals surface area (Å²) < 4.78 is 11.3. The van der Waals surface area contributed by atoms with Crippen molar-refractivity contribution >= 4 is 17.5 Å². The fraction of sp³-hybridized carbons (Fsp3) is 0.708. The largest absolute Gasteiger partial charge is 0.456 e. The first kappa shape index (κ1) is 23.3. The quantitative estimate of drug-likeness (QED) is 0.419. The number of carbonyl (C=O) groups is 3. The molecule has 3 fully saturated rings. The molecule has 32 heavy (non-hydrogen) atoms. The van der Waals surface area contributed by atoms with Gasteiger partial charge in [-0.1, -0.05) is 34.3 Å². The van der Waals surface area contributed by atoms with Crippen LogP contribution < -0.4 is 0 Å². The number of Topliss-reactive ketones (excluding diaryl/α,β-unsaturated/α-hetero) is 2. The molecule has 8 heteroatoms. The molecule has 8 atom stereocenters. The van der Waals surface area contributed by atoms with Gasteiger partial charge in [-0.25, -0.2) is 4.79 Å². The van der Waals surface area contributed by atoms with Crippen LogP contribution in [0.5, 0.6) is 0 Å². The van der Waals surface area contributed by atoms with Crippen LogP contribution in [0.4, 0.5) is 0 Å². The maximum absolute atomic E-state index is 13.9. The standard InChI is InChI=1S/C24H32O8/c1-7-15(26)32-20-18-22(6,11(2)8-14-23(18,29)10-31-14)19(28)17(27)16-12(3)13(25)9-24(20,30)21(16,4)5/h7,11,14,17-18,20,27,29-30H,1,8-10H2,2-6H3/t11-,14+,17+,18-,20-,22+,23-,24+/m0/s1. The molecule has 0 aromatic heterocycles. The van der Waals surface area contributed by atoms with Crippen LogP contribution in [0.3, 0.4) is 0 Å². The molecule has 2 bridgehead atoms. The minimum absolute atomic E-state index is 0.109. The van der Waals surface area contributed by atoms with E-state index >= 15 is 0 Å². The van der Waals surface area contributed by atoms with Crippen molar-refractivity contribution in [3.05, 3.63) is 23.8 Å². The van der Waals surface area contributed by atoms with Gasteiger partial charge in [0.1, 0.15) is 23.4 Å². The first-order valence-electron chi connectivity index (χ1n) is 11.0. The Kier molecular flexibility index (Phi) is 4.97. The molecule has 176 valence electrons. The van der Waals surface area contributed by atoms with Crippen molar-refractivity contribution in [2.75, 3.05) is 6.61 Å². The Morgan fingerprint density at radius 1 is 1.25 bits per heavy atom. The van der Waals surface area contributed by atoms with Crippen LogP contribution in [-0.4, -0.2) is 69.0 Å². The van der Waals surface area contributed by atoms with Gasteiger partial charge in [0.05, 0.1) is 12.7 Å². The molecule has 1 saturated heterocycles. The Bertz CT molecular complexity index is 950. The summed E-state index contributed by atoms with van der Waals surface area (Å²) in [5, 5.41) is 35.2. The number of aliphatic hydroxyl groups excluding tert-OH is 1. The van der Waals surface area contributed by atoms with Crippen molar-refractivity contribution in [3.63, 3.8) is 0 Å². The molecule has 0 aromatic rings. The minimum Gasteiger partial charge on any atom is -0.456 e. The molecule has 0 radical (unpaired) electrons. The highest BCUT2D eigenvalue weighted by Crippen LogP contribution is 2.63. The summed E-state index contributed by atoms with van der Waals surface area (Å²) in [5.74, 6) is -3.33. The van der Waals surface area contributed by atoms with Crippen LogP contribution in [0, 0.1) is 22.7 Å². The summed E-state index contributed by atoms with van der Waals surface area (Å²) in [6.45, 7) is 11.6. The number of ether oxygens (including phenoxy) is 2. The lowest BCUT2D eigenvalue weighted by Crippen LogP contribution is -2.79. The van der Waals surface area contributed by atoms with Gasteiger partial charge in [-0.2, -0.15) is 0 Å². The number of hydrogen-bond acceptors (Lipinski definition) is 8. The zero-order valence-corrected chi connectivity index (χ0v) is 19.2. The van der Waals surface area contributed by atoms with Gasteiger partial charge in [-0.05, 0) is 30.4 Å². The van der Waals surface area contributed by atoms with Crippen molar-refractivity contribution in [1.29, 1.82) is 0 Å². The number of hydrogen-bond donors (Lipinski definition) is 3. The molecule has 0 spiro atoms. The molecule has 3 aliphatic carbocycles. The molecule has 4 rings (SSSR count). The van der Waals surface area contributed by atoms with Crippen LogP contribution in [0.15, 0.2) is 23.8 Å². The van der Waals surface area contributed by atoms with Gasteiger partial charge in [-0.15, -0.1) is 0 Å². The van der Waals surface area contributed by atoms with Gasteiger partial charge in [0.25, 0.3) is 0 Å². The zero-order chi connectivity index (χ0) is 24.0. The number of aliphatic hydroxyl groups is 3. The minimum atomic E-state index is -1.99. The van der Waals surface area contributed by atoms with Crippen molar-refractivity contribution in [3.8, 4) is 0 Å². The van der Waals surface area contributed by atoms with Crippen molar-refractivity contribution in [2.24, 2.45) is 22.7 Å². The topological polar surface area (TPSA) is 130 Å². The average molecular weight is 449 g/mol. The molecule has 1 heterocycles. The monoisotopic (exact) mass is 448 g/mol. The Morgan fingerprint density at radius 3 is 2.41 bits per heavy atom. The Balaban J connectivity index is 2.07. The lowest BCUT2D eigenvalue weighted by Gasteiger charge is -2.66. The highest BCUT2D eigenvalue weighted by Gasteiger charge is 2.75. The maximum Gasteiger partial charge on any atom is 0.330 e. The van der Waals surface area contributed by atoms with E-state index in [-0.39, 0.29) is 30.1 Å². The van der Waals surface area contributed by atoms with E-state index in [0.717, 1.165) is 6.08 Å². The van der Waals surface area contributed by atoms with E-state index in [4.69, 9.17) is 9.47 Å². The van der Waals surface area contributed by atoms with Crippen LogP contribution >= 0.6 is 0 Å². The first-order chi connectivity index (χ1) is 14.7. The second-order valence-electron chi connectivity index (χ2n) is 10.7. The molecule has 3 N–H and O–H groups in total. The Hall–Kier alpha value is -1.87. The molecule has 8 nitrogen and oxygen atoms in total. The molecular weight excluding hydrogens is 416 g/mol. The van der Waals surface area contributed by atoms with Crippen LogP contribution in [0.1, 0.15) is 47.5 Å². The maximum atomic E-state index is 13.9. The summed E-state index contributed by atoms with van der Waals surface area (Å²) in [7, 11) is 0. The molecular formula is C24H32O8. The summed E-state index contributed by atoms with van der Waals surface area (Å²) in [6, 6.07) is 0. The van der Waals surface area contributed by atoms with Crippen molar-refractivity contribution < 1.29 is 39.2 Å². The van der Waals surface area contributed by atoms with Gasteiger partial charge >= 0.3 is 5.97 Å². The number of allylic oxidation sites excluding steroid dienone is 1. The smallest absolute Gasteiger partial charge is 0.330 e. The van der Waals surface area contributed by atoms with Gasteiger partial charge in [0, 0.05) is 29.2 Å². The molecule has 0 aromatic carbocycles. The third kappa shape index (κ3) is 2.55. The summed E-state index contributed by atoms with van der Waals surface area (Å²) in [4.78, 5) is 39.4. The SMILES string of the molecule is C=CC(=O)O[C@H]1[C@@H]2[C@]3(O)CO[C@@H]3C[C@H](C)[C@@]2(C)C(=O)[C@H](O)C2=C(C)C(=O)C[C@]1(O)C2(C)C. The fourth-order valence-corrected chi connectivity index (χ4v) is 6.79. The lowest BCUT2D eigenvalue weighted by atomic mass is 9.43. The van der Waals surface area contributed by atoms with Crippen LogP contribution in [-0.2, 0) is 23.9 Å². The number of fused-ring (bicyclic) bond motifs is 5. The number of ketones is 2. The van der Waals surface area contributed by atoms with E-state index in [2.05, 4.69) is 6.58 Å².